The molecule has 0 aromatic carbocycles. The van der Waals surface area contributed by atoms with Gasteiger partial charge in [-0.15, -0.1) is 0 Å². The molecule has 11 heteroatoms. The van der Waals surface area contributed by atoms with Crippen LogP contribution >= 0.6 is 0 Å². The van der Waals surface area contributed by atoms with Crippen LogP contribution in [0.5, 0.6) is 0 Å². The van der Waals surface area contributed by atoms with E-state index in [4.69, 9.17) is 14.2 Å². The molecule has 0 spiro atoms. The number of ether oxygens (including phenoxy) is 3. The smallest absolute Gasteiger partial charge is 0.409 e. The van der Waals surface area contributed by atoms with E-state index in [2.05, 4.69) is 19.2 Å². The van der Waals surface area contributed by atoms with Crippen molar-refractivity contribution >= 4 is 6.09 Å². The molecular weight excluding hydrogens is 857 g/mol. The van der Waals surface area contributed by atoms with Crippen LogP contribution in [0.3, 0.4) is 0 Å². The Bertz CT molecular complexity index is 1110. The predicted molar refractivity (Wildman–Crippen MR) is 280 cm³/mol. The second-order valence-electron chi connectivity index (χ2n) is 21.4. The van der Waals surface area contributed by atoms with Crippen LogP contribution in [0, 0.1) is 0 Å². The van der Waals surface area contributed by atoms with Gasteiger partial charge >= 0.3 is 6.09 Å². The second kappa shape index (κ2) is 43.5. The van der Waals surface area contributed by atoms with Crippen LogP contribution in [0.2, 0.25) is 0 Å². The van der Waals surface area contributed by atoms with Crippen molar-refractivity contribution in [2.24, 2.45) is 0 Å². The third-order valence-corrected chi connectivity index (χ3v) is 15.2. The number of hydrogen-bond donors (Lipinski definition) is 6. The highest BCUT2D eigenvalue weighted by Crippen LogP contribution is 2.26. The maximum atomic E-state index is 12.8. The van der Waals surface area contributed by atoms with E-state index < -0.39 is 55.0 Å². The first-order chi connectivity index (χ1) is 33.2. The fraction of sp³-hybridized carbons (Fsp3) is 0.982. The van der Waals surface area contributed by atoms with Crippen molar-refractivity contribution < 1.29 is 44.5 Å². The Kier molecular flexibility index (Phi) is 40.4. The van der Waals surface area contributed by atoms with Crippen LogP contribution in [0.15, 0.2) is 0 Å². The number of aliphatic hydroxyl groups excluding tert-OH is 5. The van der Waals surface area contributed by atoms with E-state index in [0.29, 0.717) is 13.0 Å². The SMILES string of the molecule is CCCCCCCCCCCCCCCCCCCCCCCCCCN[C@@H](CO[C@H]1O[C@H](COC(=O)N(C)C2CCCC2)[C@H](O)[C@H](O)[C@H]1O)[C@H](O)[C@H](O)CCCCCCCCCCCCCC. The number of aliphatic hydroxyl groups is 5. The van der Waals surface area contributed by atoms with Gasteiger partial charge in [0.2, 0.25) is 0 Å². The molecule has 0 aromatic rings. The van der Waals surface area contributed by atoms with Gasteiger partial charge in [-0.2, -0.15) is 0 Å². The number of unbranched alkanes of at least 4 members (excludes halogenated alkanes) is 34. The van der Waals surface area contributed by atoms with Crippen LogP contribution in [0.25, 0.3) is 0 Å². The zero-order valence-corrected chi connectivity index (χ0v) is 44.6. The first kappa shape index (κ1) is 63.1. The summed E-state index contributed by atoms with van der Waals surface area (Å²) in [5.74, 6) is 0. The van der Waals surface area contributed by atoms with Crippen LogP contribution in [-0.4, -0.2) is 118 Å². The van der Waals surface area contributed by atoms with Gasteiger partial charge in [0.25, 0.3) is 0 Å². The average molecular weight is 970 g/mol. The fourth-order valence-electron chi connectivity index (χ4n) is 10.4. The van der Waals surface area contributed by atoms with Crippen LogP contribution in [0.4, 0.5) is 4.79 Å². The van der Waals surface area contributed by atoms with E-state index >= 15 is 0 Å². The molecule has 8 atom stereocenters. The monoisotopic (exact) mass is 969 g/mol. The van der Waals surface area contributed by atoms with Gasteiger partial charge in [-0.05, 0) is 32.2 Å². The minimum absolute atomic E-state index is 0.0997. The highest BCUT2D eigenvalue weighted by atomic mass is 16.7. The molecule has 1 saturated carbocycles. The maximum absolute atomic E-state index is 12.8. The Hall–Kier alpha value is -1.05. The summed E-state index contributed by atoms with van der Waals surface area (Å²) in [4.78, 5) is 14.3. The molecule has 0 bridgehead atoms. The molecule has 6 N–H and O–H groups in total. The molecule has 68 heavy (non-hydrogen) atoms. The Morgan fingerprint density at radius 2 is 0.941 bits per heavy atom. The van der Waals surface area contributed by atoms with E-state index in [1.165, 1.54) is 193 Å². The molecule has 1 heterocycles. The number of nitrogens with zero attached hydrogens (tertiary/aromatic N) is 1. The summed E-state index contributed by atoms with van der Waals surface area (Å²) in [5.41, 5.74) is 0. The van der Waals surface area contributed by atoms with Gasteiger partial charge in [-0.3, -0.25) is 0 Å². The summed E-state index contributed by atoms with van der Waals surface area (Å²) in [5, 5.41) is 58.3. The summed E-state index contributed by atoms with van der Waals surface area (Å²) in [6, 6.07) is -0.537. The molecule has 1 saturated heterocycles. The molecule has 1 aliphatic heterocycles. The summed E-state index contributed by atoms with van der Waals surface area (Å²) in [6.07, 6.45) is 41.8. The highest BCUT2D eigenvalue weighted by molar-refractivity contribution is 5.67. The standard InChI is InChI=1S/C57H112N2O9/c1-4-6-8-10-12-14-16-18-19-20-21-22-23-24-25-26-27-28-29-31-33-35-37-41-45-58-49(52(61)50(60)44-38-36-34-32-30-17-15-13-11-9-7-5-2)46-66-56-55(64)54(63)53(62)51(68-56)47-67-57(65)59(3)48-42-39-40-43-48/h48-56,58,60-64H,4-47H2,1-3H3/t49-,50+,51+,52-,53-,54-,55+,56-/m0/s1. The molecular formula is C57H112N2O9. The largest absolute Gasteiger partial charge is 0.447 e. The van der Waals surface area contributed by atoms with Crippen LogP contribution in [-0.2, 0) is 14.2 Å². The fourth-order valence-corrected chi connectivity index (χ4v) is 10.4. The van der Waals surface area contributed by atoms with Crippen molar-refractivity contribution in [2.45, 2.75) is 332 Å². The molecule has 0 aromatic heterocycles. The van der Waals surface area contributed by atoms with Gasteiger partial charge in [-0.25, -0.2) is 4.79 Å². The molecule has 0 radical (unpaired) electrons. The van der Waals surface area contributed by atoms with E-state index in [9.17, 15) is 30.3 Å². The Morgan fingerprint density at radius 3 is 1.35 bits per heavy atom. The highest BCUT2D eigenvalue weighted by Gasteiger charge is 2.45. The summed E-state index contributed by atoms with van der Waals surface area (Å²) < 4.78 is 17.4. The maximum Gasteiger partial charge on any atom is 0.409 e. The average Bonchev–Trinajstić information content (AvgIpc) is 3.89. The number of carbonyl (C=O) groups is 1. The lowest BCUT2D eigenvalue weighted by Gasteiger charge is -2.41. The lowest BCUT2D eigenvalue weighted by Crippen LogP contribution is -2.60. The van der Waals surface area contributed by atoms with Crippen LogP contribution < -0.4 is 5.32 Å². The van der Waals surface area contributed by atoms with Gasteiger partial charge in [0, 0.05) is 13.1 Å². The molecule has 11 nitrogen and oxygen atoms in total. The topological polar surface area (TPSA) is 161 Å². The number of nitrogens with one attached hydrogen (secondary N) is 1. The lowest BCUT2D eigenvalue weighted by atomic mass is 9.98. The number of hydrogen-bond acceptors (Lipinski definition) is 10. The number of carbonyl (C=O) groups excluding carboxylic acids is 1. The van der Waals surface area contributed by atoms with Crippen molar-refractivity contribution in [1.29, 1.82) is 0 Å². The first-order valence-corrected chi connectivity index (χ1v) is 29.5. The summed E-state index contributed by atoms with van der Waals surface area (Å²) in [7, 11) is 1.70. The third kappa shape index (κ3) is 30.7. The molecule has 2 aliphatic rings. The quantitative estimate of drug-likeness (QED) is 0.0324. The van der Waals surface area contributed by atoms with Gasteiger partial charge in [-0.1, -0.05) is 251 Å². The van der Waals surface area contributed by atoms with Gasteiger partial charge in [0.05, 0.1) is 24.9 Å². The van der Waals surface area contributed by atoms with Crippen molar-refractivity contribution in [3.05, 3.63) is 0 Å². The molecule has 0 unspecified atom stereocenters. The Balaban J connectivity index is 1.67. The van der Waals surface area contributed by atoms with E-state index in [1.807, 2.05) is 0 Å². The Labute approximate surface area is 418 Å². The van der Waals surface area contributed by atoms with E-state index in [0.717, 1.165) is 64.2 Å². The zero-order chi connectivity index (χ0) is 49.3. The van der Waals surface area contributed by atoms with Gasteiger partial charge in [0.1, 0.15) is 31.0 Å². The zero-order valence-electron chi connectivity index (χ0n) is 44.6. The number of rotatable bonds is 47. The van der Waals surface area contributed by atoms with E-state index in [-0.39, 0.29) is 19.3 Å². The van der Waals surface area contributed by atoms with Crippen molar-refractivity contribution in [1.82, 2.24) is 10.2 Å². The van der Waals surface area contributed by atoms with Gasteiger partial charge < -0.3 is 50.0 Å². The van der Waals surface area contributed by atoms with Crippen molar-refractivity contribution in [3.8, 4) is 0 Å². The second-order valence-corrected chi connectivity index (χ2v) is 21.4. The molecule has 1 aliphatic carbocycles. The van der Waals surface area contributed by atoms with Crippen molar-refractivity contribution in [3.63, 3.8) is 0 Å². The van der Waals surface area contributed by atoms with Crippen molar-refractivity contribution in [2.75, 3.05) is 26.8 Å². The van der Waals surface area contributed by atoms with Gasteiger partial charge in [0.15, 0.2) is 6.29 Å². The minimum atomic E-state index is -1.59. The predicted octanol–water partition coefficient (Wildman–Crippen LogP) is 13.0. The van der Waals surface area contributed by atoms with E-state index in [1.54, 1.807) is 11.9 Å². The minimum Gasteiger partial charge on any atom is -0.447 e. The number of amides is 1. The Morgan fingerprint density at radius 1 is 0.559 bits per heavy atom. The van der Waals surface area contributed by atoms with Crippen LogP contribution in [0.1, 0.15) is 277 Å². The molecule has 1 amide bonds. The normalized spacial score (nSPS) is 21.3. The molecule has 2 rings (SSSR count). The molecule has 404 valence electrons. The lowest BCUT2D eigenvalue weighted by molar-refractivity contribution is -0.303. The molecule has 2 fully saturated rings. The third-order valence-electron chi connectivity index (χ3n) is 15.2. The summed E-state index contributed by atoms with van der Waals surface area (Å²) in [6.45, 7) is 4.76. The first-order valence-electron chi connectivity index (χ1n) is 29.5. The summed E-state index contributed by atoms with van der Waals surface area (Å²) >= 11 is 0.